The van der Waals surface area contributed by atoms with Gasteiger partial charge in [-0.15, -0.1) is 0 Å². The number of aliphatic hydroxyl groups is 1. The van der Waals surface area contributed by atoms with E-state index in [1.807, 2.05) is 0 Å². The van der Waals surface area contributed by atoms with Crippen LogP contribution in [0.15, 0.2) is 23.4 Å². The fourth-order valence-corrected chi connectivity index (χ4v) is 3.52. The van der Waals surface area contributed by atoms with Crippen molar-refractivity contribution >= 4 is 17.4 Å². The van der Waals surface area contributed by atoms with E-state index in [1.165, 1.54) is 11.8 Å². The Morgan fingerprint density at radius 1 is 1.08 bits per heavy atom. The Balaban J connectivity index is 1.44. The molecule has 3 heterocycles. The zero-order chi connectivity index (χ0) is 27.4. The minimum atomic E-state index is -4.91. The van der Waals surface area contributed by atoms with Gasteiger partial charge in [0.1, 0.15) is 11.4 Å². The summed E-state index contributed by atoms with van der Waals surface area (Å²) in [7, 11) is 0. The standard InChI is InChI=1S/C20H23F6N7O4/c1-11(30-12-6-29-31-17(35)16(12)20(24,25)26)9-37-10-13(34)18(36)33-4-2-32(3-5-33)15-8-27-14(7-28-15)19(21,22)23/h6-8,11,13,34H,2-5,9-10H2,1H3,(H2,30,31,35). The molecule has 0 aromatic carbocycles. The molecule has 204 valence electrons. The van der Waals surface area contributed by atoms with Crippen LogP contribution in [-0.4, -0.2) is 87.6 Å². The smallest absolute Gasteiger partial charge is 0.381 e. The van der Waals surface area contributed by atoms with E-state index in [0.717, 1.165) is 12.4 Å². The lowest BCUT2D eigenvalue weighted by molar-refractivity contribution is -0.144. The van der Waals surface area contributed by atoms with E-state index in [-0.39, 0.29) is 38.6 Å². The normalized spacial score (nSPS) is 16.4. The first-order valence-corrected chi connectivity index (χ1v) is 10.9. The van der Waals surface area contributed by atoms with Gasteiger partial charge in [-0.3, -0.25) is 9.59 Å². The van der Waals surface area contributed by atoms with E-state index >= 15 is 0 Å². The lowest BCUT2D eigenvalue weighted by atomic mass is 10.2. The Morgan fingerprint density at radius 3 is 2.32 bits per heavy atom. The SMILES string of the molecule is CC(COCC(O)C(=O)N1CCN(c2cnc(C(F)(F)F)cn2)CC1)Nc1cn[nH]c(=O)c1C(F)(F)F. The number of halogens is 6. The summed E-state index contributed by atoms with van der Waals surface area (Å²) in [6.45, 7) is 1.64. The van der Waals surface area contributed by atoms with Crippen LogP contribution in [0.4, 0.5) is 37.8 Å². The summed E-state index contributed by atoms with van der Waals surface area (Å²) in [6, 6.07) is -0.736. The predicted octanol–water partition coefficient (Wildman–Crippen LogP) is 1.12. The van der Waals surface area contributed by atoms with Crippen LogP contribution in [0.2, 0.25) is 0 Å². The molecule has 11 nitrogen and oxygen atoms in total. The van der Waals surface area contributed by atoms with Crippen molar-refractivity contribution < 1.29 is 41.0 Å². The first-order valence-electron chi connectivity index (χ1n) is 10.9. The maximum atomic E-state index is 13.1. The highest BCUT2D eigenvalue weighted by Gasteiger charge is 2.37. The molecule has 1 amide bonds. The average molecular weight is 539 g/mol. The summed E-state index contributed by atoms with van der Waals surface area (Å²) in [6.07, 6.45) is -8.62. The van der Waals surface area contributed by atoms with Gasteiger partial charge >= 0.3 is 12.4 Å². The summed E-state index contributed by atoms with van der Waals surface area (Å²) in [5.41, 5.74) is -4.50. The van der Waals surface area contributed by atoms with Gasteiger partial charge in [-0.25, -0.2) is 15.1 Å². The molecule has 2 aromatic heterocycles. The molecule has 0 aliphatic carbocycles. The van der Waals surface area contributed by atoms with Gasteiger partial charge < -0.3 is 25.0 Å². The third-order valence-electron chi connectivity index (χ3n) is 5.31. The molecule has 2 unspecified atom stereocenters. The van der Waals surface area contributed by atoms with Gasteiger partial charge in [0.2, 0.25) is 0 Å². The number of aliphatic hydroxyl groups excluding tert-OH is 1. The molecule has 1 aliphatic heterocycles. The number of carbonyl (C=O) groups is 1. The third-order valence-corrected chi connectivity index (χ3v) is 5.31. The first-order chi connectivity index (χ1) is 17.3. The van der Waals surface area contributed by atoms with E-state index in [0.29, 0.717) is 6.20 Å². The first kappa shape index (κ1) is 28.1. The van der Waals surface area contributed by atoms with Gasteiger partial charge in [0, 0.05) is 32.2 Å². The minimum Gasteiger partial charge on any atom is -0.381 e. The summed E-state index contributed by atoms with van der Waals surface area (Å²) < 4.78 is 82.5. The third kappa shape index (κ3) is 7.28. The second-order valence-electron chi connectivity index (χ2n) is 8.15. The predicted molar refractivity (Wildman–Crippen MR) is 116 cm³/mol. The number of aromatic amines is 1. The van der Waals surface area contributed by atoms with E-state index < -0.39 is 59.5 Å². The Kier molecular flexibility index (Phi) is 8.57. The molecule has 37 heavy (non-hydrogen) atoms. The van der Waals surface area contributed by atoms with Crippen molar-refractivity contribution in [2.75, 3.05) is 49.6 Å². The number of H-pyrrole nitrogens is 1. The number of nitrogens with one attached hydrogen (secondary N) is 2. The largest absolute Gasteiger partial charge is 0.434 e. The van der Waals surface area contributed by atoms with Gasteiger partial charge in [-0.1, -0.05) is 0 Å². The van der Waals surface area contributed by atoms with Crippen molar-refractivity contribution in [2.45, 2.75) is 31.4 Å². The van der Waals surface area contributed by atoms with E-state index in [9.17, 15) is 41.0 Å². The molecule has 1 aliphatic rings. The fourth-order valence-electron chi connectivity index (χ4n) is 3.52. The highest BCUT2D eigenvalue weighted by atomic mass is 19.4. The Bertz CT molecular complexity index is 1120. The summed E-state index contributed by atoms with van der Waals surface area (Å²) in [5.74, 6) is -0.424. The maximum absolute atomic E-state index is 13.1. The monoisotopic (exact) mass is 539 g/mol. The van der Waals surface area contributed by atoms with Crippen LogP contribution in [-0.2, 0) is 21.9 Å². The Hall–Kier alpha value is -3.47. The van der Waals surface area contributed by atoms with Crippen LogP contribution < -0.4 is 15.8 Å². The molecular formula is C20H23F6N7O4. The number of ether oxygens (including phenoxy) is 1. The molecule has 0 spiro atoms. The van der Waals surface area contributed by atoms with E-state index in [1.54, 1.807) is 10.00 Å². The van der Waals surface area contributed by atoms with Crippen LogP contribution >= 0.6 is 0 Å². The summed E-state index contributed by atoms with van der Waals surface area (Å²) >= 11 is 0. The number of hydrogen-bond donors (Lipinski definition) is 3. The molecule has 2 aromatic rings. The van der Waals surface area contributed by atoms with Crippen molar-refractivity contribution in [1.29, 1.82) is 0 Å². The van der Waals surface area contributed by atoms with Crippen molar-refractivity contribution in [3.63, 3.8) is 0 Å². The van der Waals surface area contributed by atoms with E-state index in [4.69, 9.17) is 4.74 Å². The minimum absolute atomic E-state index is 0.159. The molecular weight excluding hydrogens is 516 g/mol. The quantitative estimate of drug-likeness (QED) is 0.422. The number of hydrogen-bond acceptors (Lipinski definition) is 9. The van der Waals surface area contributed by atoms with E-state index in [2.05, 4.69) is 20.4 Å². The molecule has 0 saturated carbocycles. The zero-order valence-electron chi connectivity index (χ0n) is 19.3. The number of nitrogens with zero attached hydrogens (tertiary/aromatic N) is 5. The summed E-state index contributed by atoms with van der Waals surface area (Å²) in [5, 5.41) is 17.7. The second-order valence-corrected chi connectivity index (χ2v) is 8.15. The molecule has 17 heteroatoms. The number of alkyl halides is 6. The number of piperazine rings is 1. The second kappa shape index (κ2) is 11.3. The van der Waals surface area contributed by atoms with Gasteiger partial charge in [-0.05, 0) is 6.92 Å². The Labute approximate surface area is 205 Å². The van der Waals surface area contributed by atoms with Crippen LogP contribution in [0.25, 0.3) is 0 Å². The lowest BCUT2D eigenvalue weighted by Crippen LogP contribution is -2.52. The topological polar surface area (TPSA) is 137 Å². The van der Waals surface area contributed by atoms with Crippen LogP contribution in [0.5, 0.6) is 0 Å². The van der Waals surface area contributed by atoms with Crippen molar-refractivity contribution in [2.24, 2.45) is 0 Å². The number of carbonyl (C=O) groups excluding carboxylic acids is 1. The molecule has 3 rings (SSSR count). The van der Waals surface area contributed by atoms with Crippen molar-refractivity contribution in [3.05, 3.63) is 40.2 Å². The molecule has 3 N–H and O–H groups in total. The summed E-state index contributed by atoms with van der Waals surface area (Å²) in [4.78, 5) is 34.1. The molecule has 1 fully saturated rings. The van der Waals surface area contributed by atoms with Gasteiger partial charge in [0.25, 0.3) is 11.5 Å². The molecule has 0 radical (unpaired) electrons. The van der Waals surface area contributed by atoms with Crippen LogP contribution in [0, 0.1) is 0 Å². The highest BCUT2D eigenvalue weighted by Crippen LogP contribution is 2.31. The maximum Gasteiger partial charge on any atom is 0.434 e. The van der Waals surface area contributed by atoms with Crippen molar-refractivity contribution in [1.82, 2.24) is 25.1 Å². The number of anilines is 2. The number of rotatable bonds is 8. The van der Waals surface area contributed by atoms with Gasteiger partial charge in [0.15, 0.2) is 11.8 Å². The molecule has 0 bridgehead atoms. The van der Waals surface area contributed by atoms with Gasteiger partial charge in [-0.2, -0.15) is 31.4 Å². The average Bonchev–Trinajstić information content (AvgIpc) is 2.82. The molecule has 1 saturated heterocycles. The Morgan fingerprint density at radius 2 is 1.76 bits per heavy atom. The van der Waals surface area contributed by atoms with Gasteiger partial charge in [0.05, 0.1) is 37.5 Å². The van der Waals surface area contributed by atoms with Crippen LogP contribution in [0.1, 0.15) is 18.2 Å². The van der Waals surface area contributed by atoms with Crippen LogP contribution in [0.3, 0.4) is 0 Å². The van der Waals surface area contributed by atoms with Crippen molar-refractivity contribution in [3.8, 4) is 0 Å². The number of aromatic nitrogens is 4. The molecule has 2 atom stereocenters. The number of amides is 1. The fraction of sp³-hybridized carbons (Fsp3) is 0.550. The lowest BCUT2D eigenvalue weighted by Gasteiger charge is -2.36. The highest BCUT2D eigenvalue weighted by molar-refractivity contribution is 5.81. The zero-order valence-corrected chi connectivity index (χ0v) is 19.3.